The molecule has 0 amide bonds. The zero-order chi connectivity index (χ0) is 19.0. The molecule has 0 unspecified atom stereocenters. The van der Waals surface area contributed by atoms with Crippen LogP contribution in [0.5, 0.6) is 0 Å². The lowest BCUT2D eigenvalue weighted by Crippen LogP contribution is -2.38. The molecule has 0 bridgehead atoms. The molecule has 0 atom stereocenters. The number of hydrogen-bond donors (Lipinski definition) is 0. The van der Waals surface area contributed by atoms with Gasteiger partial charge in [0.1, 0.15) is 5.69 Å². The molecule has 4 nitrogen and oxygen atoms in total. The van der Waals surface area contributed by atoms with Gasteiger partial charge in [-0.15, -0.1) is 0 Å². The van der Waals surface area contributed by atoms with Crippen molar-refractivity contribution in [3.05, 3.63) is 76.4 Å². The SMILES string of the molecule is Cc1cc(C)c(-n2nc3[n+](c2C(=O)C#Cc2ccccc2)CCC3)c(C)c1. The first-order valence-electron chi connectivity index (χ1n) is 9.26. The highest BCUT2D eigenvalue weighted by atomic mass is 16.1. The normalized spacial score (nSPS) is 12.4. The fourth-order valence-corrected chi connectivity index (χ4v) is 3.86. The minimum Gasteiger partial charge on any atom is -0.272 e. The van der Waals surface area contributed by atoms with E-state index in [1.54, 1.807) is 4.68 Å². The minimum absolute atomic E-state index is 0.195. The van der Waals surface area contributed by atoms with E-state index >= 15 is 0 Å². The maximum Gasteiger partial charge on any atom is 0.323 e. The van der Waals surface area contributed by atoms with Gasteiger partial charge in [-0.25, -0.2) is 4.57 Å². The predicted octanol–water partition coefficient (Wildman–Crippen LogP) is 3.27. The van der Waals surface area contributed by atoms with Crippen LogP contribution in [0.4, 0.5) is 0 Å². The van der Waals surface area contributed by atoms with Crippen molar-refractivity contribution in [3.8, 4) is 17.5 Å². The van der Waals surface area contributed by atoms with E-state index in [-0.39, 0.29) is 5.78 Å². The van der Waals surface area contributed by atoms with Gasteiger partial charge in [0.15, 0.2) is 0 Å². The van der Waals surface area contributed by atoms with Crippen LogP contribution in [0.1, 0.15) is 45.1 Å². The standard InChI is InChI=1S/C23H22N3O/c1-16-14-17(2)22(18(3)15-16)26-23(25-13-7-10-21(25)24-26)20(27)12-11-19-8-5-4-6-9-19/h4-6,8-9,14-15H,7,10,13H2,1-3H3/q+1. The van der Waals surface area contributed by atoms with Crippen molar-refractivity contribution >= 4 is 5.78 Å². The van der Waals surface area contributed by atoms with E-state index < -0.39 is 0 Å². The molecule has 0 N–H and O–H groups in total. The van der Waals surface area contributed by atoms with E-state index in [2.05, 4.69) is 44.7 Å². The van der Waals surface area contributed by atoms with Crippen molar-refractivity contribution in [3.63, 3.8) is 0 Å². The number of nitrogens with zero attached hydrogens (tertiary/aromatic N) is 3. The molecule has 27 heavy (non-hydrogen) atoms. The second-order valence-electron chi connectivity index (χ2n) is 7.10. The highest BCUT2D eigenvalue weighted by molar-refractivity contribution is 6.06. The third kappa shape index (κ3) is 3.17. The number of Topliss-reactive ketones (excluding diaryl/α,β-unsaturated/α-hetero) is 1. The van der Waals surface area contributed by atoms with Crippen LogP contribution < -0.4 is 4.57 Å². The molecule has 1 aliphatic rings. The van der Waals surface area contributed by atoms with Crippen LogP contribution >= 0.6 is 0 Å². The van der Waals surface area contributed by atoms with Gasteiger partial charge in [0, 0.05) is 17.1 Å². The molecule has 1 aromatic heterocycles. The van der Waals surface area contributed by atoms with Gasteiger partial charge in [-0.1, -0.05) is 46.5 Å². The summed E-state index contributed by atoms with van der Waals surface area (Å²) >= 11 is 0. The monoisotopic (exact) mass is 356 g/mol. The van der Waals surface area contributed by atoms with E-state index in [1.807, 2.05) is 34.9 Å². The lowest BCUT2D eigenvalue weighted by molar-refractivity contribution is -0.692. The molecule has 4 rings (SSSR count). The molecule has 2 heterocycles. The number of aromatic nitrogens is 3. The number of rotatable bonds is 2. The molecule has 4 heteroatoms. The molecule has 0 saturated carbocycles. The lowest BCUT2D eigenvalue weighted by Gasteiger charge is -2.07. The molecule has 0 aliphatic carbocycles. The first-order valence-corrected chi connectivity index (χ1v) is 9.26. The summed E-state index contributed by atoms with van der Waals surface area (Å²) in [6.07, 6.45) is 1.91. The number of benzene rings is 2. The third-order valence-electron chi connectivity index (χ3n) is 4.91. The van der Waals surface area contributed by atoms with Crippen molar-refractivity contribution in [2.24, 2.45) is 0 Å². The van der Waals surface area contributed by atoms with Crippen molar-refractivity contribution in [2.75, 3.05) is 0 Å². The molecule has 0 fully saturated rings. The summed E-state index contributed by atoms with van der Waals surface area (Å²) in [5, 5.41) is 4.78. The molecular formula is C23H22N3O+. The van der Waals surface area contributed by atoms with Crippen LogP contribution in [0.2, 0.25) is 0 Å². The third-order valence-corrected chi connectivity index (χ3v) is 4.91. The quantitative estimate of drug-likeness (QED) is 0.402. The molecule has 0 radical (unpaired) electrons. The molecule has 2 aromatic carbocycles. The van der Waals surface area contributed by atoms with Gasteiger partial charge >= 0.3 is 11.6 Å². The average molecular weight is 356 g/mol. The van der Waals surface area contributed by atoms with Gasteiger partial charge in [-0.3, -0.25) is 4.79 Å². The Balaban J connectivity index is 1.85. The largest absolute Gasteiger partial charge is 0.323 e. The maximum atomic E-state index is 13.1. The Bertz CT molecular complexity index is 1070. The fourth-order valence-electron chi connectivity index (χ4n) is 3.86. The van der Waals surface area contributed by atoms with Crippen molar-refractivity contribution in [1.82, 2.24) is 9.78 Å². The number of carbonyl (C=O) groups is 1. The lowest BCUT2D eigenvalue weighted by atomic mass is 10.1. The van der Waals surface area contributed by atoms with Crippen LogP contribution in [-0.4, -0.2) is 15.6 Å². The van der Waals surface area contributed by atoms with Gasteiger partial charge in [0.25, 0.3) is 5.82 Å². The number of fused-ring (bicyclic) bond motifs is 1. The summed E-state index contributed by atoms with van der Waals surface area (Å²) in [5.41, 5.74) is 5.24. The van der Waals surface area contributed by atoms with Crippen LogP contribution in [0, 0.1) is 32.6 Å². The van der Waals surface area contributed by atoms with Gasteiger partial charge in [0.05, 0.1) is 6.54 Å². The number of carbonyl (C=O) groups excluding carboxylic acids is 1. The molecular weight excluding hydrogens is 334 g/mol. The van der Waals surface area contributed by atoms with Gasteiger partial charge in [-0.05, 0) is 56.4 Å². The highest BCUT2D eigenvalue weighted by Crippen LogP contribution is 2.22. The Morgan fingerprint density at radius 3 is 2.52 bits per heavy atom. The zero-order valence-corrected chi connectivity index (χ0v) is 15.9. The van der Waals surface area contributed by atoms with Crippen LogP contribution in [0.15, 0.2) is 42.5 Å². The fraction of sp³-hybridized carbons (Fsp3) is 0.261. The summed E-state index contributed by atoms with van der Waals surface area (Å²) in [6, 6.07) is 13.8. The summed E-state index contributed by atoms with van der Waals surface area (Å²) in [4.78, 5) is 13.1. The van der Waals surface area contributed by atoms with Gasteiger partial charge in [0.2, 0.25) is 0 Å². The number of ketones is 1. The van der Waals surface area contributed by atoms with E-state index in [4.69, 9.17) is 5.10 Å². The molecule has 3 aromatic rings. The summed E-state index contributed by atoms with van der Waals surface area (Å²) in [5.74, 6) is 7.13. The first kappa shape index (κ1) is 17.2. The highest BCUT2D eigenvalue weighted by Gasteiger charge is 2.35. The van der Waals surface area contributed by atoms with Crippen LogP contribution in [0.3, 0.4) is 0 Å². The Morgan fingerprint density at radius 1 is 1.11 bits per heavy atom. The Hall–Kier alpha value is -3.19. The van der Waals surface area contributed by atoms with E-state index in [0.29, 0.717) is 5.82 Å². The van der Waals surface area contributed by atoms with Gasteiger partial charge < -0.3 is 0 Å². The van der Waals surface area contributed by atoms with Crippen molar-refractivity contribution < 1.29 is 9.36 Å². The molecule has 1 aliphatic heterocycles. The van der Waals surface area contributed by atoms with Crippen LogP contribution in [-0.2, 0) is 13.0 Å². The number of hydrogen-bond acceptors (Lipinski definition) is 2. The zero-order valence-electron chi connectivity index (χ0n) is 15.9. The van der Waals surface area contributed by atoms with Gasteiger partial charge in [-0.2, -0.15) is 0 Å². The van der Waals surface area contributed by atoms with E-state index in [9.17, 15) is 4.79 Å². The summed E-state index contributed by atoms with van der Waals surface area (Å²) in [7, 11) is 0. The summed E-state index contributed by atoms with van der Waals surface area (Å²) < 4.78 is 3.83. The number of aryl methyl sites for hydroxylation is 4. The van der Waals surface area contributed by atoms with Crippen molar-refractivity contribution in [2.45, 2.75) is 40.2 Å². The summed E-state index contributed by atoms with van der Waals surface area (Å²) in [6.45, 7) is 7.03. The second-order valence-corrected chi connectivity index (χ2v) is 7.10. The average Bonchev–Trinajstić information content (AvgIpc) is 3.21. The Kier molecular flexibility index (Phi) is 4.37. The molecule has 0 saturated heterocycles. The predicted molar refractivity (Wildman–Crippen MR) is 104 cm³/mol. The maximum absolute atomic E-state index is 13.1. The smallest absolute Gasteiger partial charge is 0.272 e. The Morgan fingerprint density at radius 2 is 1.81 bits per heavy atom. The van der Waals surface area contributed by atoms with E-state index in [1.165, 1.54) is 5.56 Å². The molecule has 0 spiro atoms. The van der Waals surface area contributed by atoms with Crippen LogP contribution in [0.25, 0.3) is 5.69 Å². The first-order chi connectivity index (χ1) is 13.0. The topological polar surface area (TPSA) is 38.8 Å². The van der Waals surface area contributed by atoms with Crippen molar-refractivity contribution in [1.29, 1.82) is 0 Å². The second kappa shape index (κ2) is 6.85. The molecule has 134 valence electrons. The van der Waals surface area contributed by atoms with E-state index in [0.717, 1.165) is 47.6 Å². The Labute approximate surface area is 159 Å². The minimum atomic E-state index is -0.195.